The van der Waals surface area contributed by atoms with E-state index >= 15 is 0 Å². The molecule has 1 rings (SSSR count). The van der Waals surface area contributed by atoms with Crippen molar-refractivity contribution in [3.63, 3.8) is 0 Å². The lowest BCUT2D eigenvalue weighted by Gasteiger charge is -2.29. The molecule has 0 aromatic carbocycles. The van der Waals surface area contributed by atoms with Gasteiger partial charge in [0.2, 0.25) is 0 Å². The Labute approximate surface area is 125 Å². The molecular weight excluding hydrogens is 250 g/mol. The van der Waals surface area contributed by atoms with Crippen molar-refractivity contribution in [3.8, 4) is 0 Å². The van der Waals surface area contributed by atoms with Crippen LogP contribution in [0.15, 0.2) is 0 Å². The van der Waals surface area contributed by atoms with Crippen LogP contribution >= 0.6 is 0 Å². The summed E-state index contributed by atoms with van der Waals surface area (Å²) in [7, 11) is 0. The molecule has 0 bridgehead atoms. The zero-order chi connectivity index (χ0) is 14.6. The molecule has 120 valence electrons. The van der Waals surface area contributed by atoms with Crippen molar-refractivity contribution < 1.29 is 4.74 Å². The maximum atomic E-state index is 5.73. The van der Waals surface area contributed by atoms with Gasteiger partial charge in [0.25, 0.3) is 0 Å². The molecule has 1 atom stereocenters. The Morgan fingerprint density at radius 3 is 2.65 bits per heavy atom. The van der Waals surface area contributed by atoms with Crippen LogP contribution in [0.3, 0.4) is 0 Å². The summed E-state index contributed by atoms with van der Waals surface area (Å²) in [5, 5.41) is 0. The molecule has 1 heterocycles. The van der Waals surface area contributed by atoms with E-state index in [0.717, 1.165) is 32.7 Å². The van der Waals surface area contributed by atoms with Gasteiger partial charge in [-0.25, -0.2) is 0 Å². The predicted octanol–water partition coefficient (Wildman–Crippen LogP) is 1.94. The highest BCUT2D eigenvalue weighted by Crippen LogP contribution is 2.12. The molecule has 2 N–H and O–H groups in total. The molecule has 0 amide bonds. The van der Waals surface area contributed by atoms with Crippen LogP contribution in [-0.4, -0.2) is 68.3 Å². The summed E-state index contributed by atoms with van der Waals surface area (Å²) in [4.78, 5) is 5.20. The van der Waals surface area contributed by atoms with Gasteiger partial charge in [0.1, 0.15) is 0 Å². The Kier molecular flexibility index (Phi) is 10.3. The molecule has 0 aromatic rings. The van der Waals surface area contributed by atoms with E-state index in [0.29, 0.717) is 6.04 Å². The van der Waals surface area contributed by atoms with Crippen LogP contribution in [0.4, 0.5) is 0 Å². The fraction of sp³-hybridized carbons (Fsp3) is 1.00. The van der Waals surface area contributed by atoms with Gasteiger partial charge in [-0.05, 0) is 45.3 Å². The van der Waals surface area contributed by atoms with E-state index in [1.54, 1.807) is 0 Å². The maximum absolute atomic E-state index is 5.73. The lowest BCUT2D eigenvalue weighted by atomic mass is 10.1. The van der Waals surface area contributed by atoms with E-state index in [1.165, 1.54) is 51.9 Å². The molecule has 4 heteroatoms. The molecule has 0 spiro atoms. The highest BCUT2D eigenvalue weighted by atomic mass is 16.5. The van der Waals surface area contributed by atoms with Gasteiger partial charge in [0, 0.05) is 32.3 Å². The fourth-order valence-electron chi connectivity index (χ4n) is 2.96. The van der Waals surface area contributed by atoms with Gasteiger partial charge in [0.15, 0.2) is 0 Å². The van der Waals surface area contributed by atoms with Crippen molar-refractivity contribution in [2.24, 2.45) is 5.73 Å². The molecule has 1 fully saturated rings. The quantitative estimate of drug-likeness (QED) is 0.623. The Morgan fingerprint density at radius 2 is 1.95 bits per heavy atom. The van der Waals surface area contributed by atoms with Crippen molar-refractivity contribution in [3.05, 3.63) is 0 Å². The Bertz CT molecular complexity index is 226. The van der Waals surface area contributed by atoms with Crippen LogP contribution in [0.5, 0.6) is 0 Å². The summed E-state index contributed by atoms with van der Waals surface area (Å²) >= 11 is 0. The lowest BCUT2D eigenvalue weighted by Crippen LogP contribution is -2.39. The molecule has 1 aliphatic rings. The minimum atomic E-state index is 0.681. The highest BCUT2D eigenvalue weighted by molar-refractivity contribution is 4.76. The van der Waals surface area contributed by atoms with E-state index < -0.39 is 0 Å². The Hall–Kier alpha value is -0.160. The first-order valence-electron chi connectivity index (χ1n) is 8.56. The van der Waals surface area contributed by atoms with Crippen molar-refractivity contribution in [2.45, 2.75) is 52.0 Å². The maximum Gasteiger partial charge on any atom is 0.0593 e. The van der Waals surface area contributed by atoms with Gasteiger partial charge in [-0.15, -0.1) is 0 Å². The van der Waals surface area contributed by atoms with Crippen LogP contribution in [0.25, 0.3) is 0 Å². The van der Waals surface area contributed by atoms with Gasteiger partial charge in [-0.2, -0.15) is 0 Å². The second-order valence-corrected chi connectivity index (χ2v) is 5.84. The minimum absolute atomic E-state index is 0.681. The molecular formula is C16H35N3O. The van der Waals surface area contributed by atoms with Crippen molar-refractivity contribution >= 4 is 0 Å². The molecule has 0 radical (unpaired) electrons. The Morgan fingerprint density at radius 1 is 1.10 bits per heavy atom. The summed E-state index contributed by atoms with van der Waals surface area (Å²) in [6.45, 7) is 13.0. The van der Waals surface area contributed by atoms with Crippen LogP contribution in [-0.2, 0) is 4.74 Å². The van der Waals surface area contributed by atoms with E-state index in [4.69, 9.17) is 10.5 Å². The lowest BCUT2D eigenvalue weighted by molar-refractivity contribution is 0.101. The fourth-order valence-corrected chi connectivity index (χ4v) is 2.96. The first-order valence-corrected chi connectivity index (χ1v) is 8.56. The zero-order valence-electron chi connectivity index (χ0n) is 13.6. The number of nitrogens with two attached hydrogens (primary N) is 1. The van der Waals surface area contributed by atoms with Crippen molar-refractivity contribution in [2.75, 3.05) is 52.5 Å². The second-order valence-electron chi connectivity index (χ2n) is 5.84. The third kappa shape index (κ3) is 7.02. The summed E-state index contributed by atoms with van der Waals surface area (Å²) in [5.74, 6) is 0. The topological polar surface area (TPSA) is 41.7 Å². The highest BCUT2D eigenvalue weighted by Gasteiger charge is 2.20. The van der Waals surface area contributed by atoms with Crippen molar-refractivity contribution in [1.82, 2.24) is 9.80 Å². The molecule has 0 saturated carbocycles. The molecule has 1 aliphatic heterocycles. The largest absolute Gasteiger partial charge is 0.380 e. The van der Waals surface area contributed by atoms with E-state index in [1.807, 2.05) is 0 Å². The van der Waals surface area contributed by atoms with E-state index in [-0.39, 0.29) is 0 Å². The molecule has 1 saturated heterocycles. The number of rotatable bonds is 10. The van der Waals surface area contributed by atoms with Crippen LogP contribution in [0.1, 0.15) is 46.0 Å². The number of hydrogen-bond acceptors (Lipinski definition) is 4. The summed E-state index contributed by atoms with van der Waals surface area (Å²) in [5.41, 5.74) is 5.73. The number of hydrogen-bond donors (Lipinski definition) is 1. The third-order valence-electron chi connectivity index (χ3n) is 4.30. The monoisotopic (exact) mass is 285 g/mol. The molecule has 0 aliphatic carbocycles. The van der Waals surface area contributed by atoms with Crippen LogP contribution in [0, 0.1) is 0 Å². The number of nitrogens with zero attached hydrogens (tertiary/aromatic N) is 2. The van der Waals surface area contributed by atoms with Crippen LogP contribution < -0.4 is 5.73 Å². The minimum Gasteiger partial charge on any atom is -0.380 e. The SMILES string of the molecule is CCCCOCCN1CCCN(C(CC)CCN)CC1. The van der Waals surface area contributed by atoms with E-state index in [9.17, 15) is 0 Å². The standard InChI is InChI=1S/C16H35N3O/c1-3-5-14-20-15-13-18-9-6-10-19(12-11-18)16(4-2)7-8-17/h16H,3-15,17H2,1-2H3. The zero-order valence-corrected chi connectivity index (χ0v) is 13.6. The number of unbranched alkanes of at least 4 members (excludes halogenated alkanes) is 1. The van der Waals surface area contributed by atoms with E-state index in [2.05, 4.69) is 23.6 Å². The molecule has 20 heavy (non-hydrogen) atoms. The Balaban J connectivity index is 2.21. The smallest absolute Gasteiger partial charge is 0.0593 e. The second kappa shape index (κ2) is 11.5. The first kappa shape index (κ1) is 17.9. The van der Waals surface area contributed by atoms with Gasteiger partial charge >= 0.3 is 0 Å². The molecule has 4 nitrogen and oxygen atoms in total. The summed E-state index contributed by atoms with van der Waals surface area (Å²) in [6, 6.07) is 0.681. The summed E-state index contributed by atoms with van der Waals surface area (Å²) < 4.78 is 5.68. The molecule has 1 unspecified atom stereocenters. The van der Waals surface area contributed by atoms with Gasteiger partial charge < -0.3 is 10.5 Å². The third-order valence-corrected chi connectivity index (χ3v) is 4.30. The average molecular weight is 285 g/mol. The normalized spacial score (nSPS) is 19.9. The van der Waals surface area contributed by atoms with Gasteiger partial charge in [-0.1, -0.05) is 20.3 Å². The number of ether oxygens (including phenoxy) is 1. The van der Waals surface area contributed by atoms with Crippen LogP contribution in [0.2, 0.25) is 0 Å². The average Bonchev–Trinajstić information content (AvgIpc) is 2.70. The van der Waals surface area contributed by atoms with Gasteiger partial charge in [-0.3, -0.25) is 9.80 Å². The van der Waals surface area contributed by atoms with Gasteiger partial charge in [0.05, 0.1) is 6.61 Å². The predicted molar refractivity (Wildman–Crippen MR) is 86.1 cm³/mol. The summed E-state index contributed by atoms with van der Waals surface area (Å²) in [6.07, 6.45) is 6.03. The molecule has 0 aromatic heterocycles. The van der Waals surface area contributed by atoms with Crippen molar-refractivity contribution in [1.29, 1.82) is 0 Å². The first-order chi connectivity index (χ1) is 9.81.